The summed E-state index contributed by atoms with van der Waals surface area (Å²) in [6.45, 7) is -10.8. The molecule has 0 saturated carbocycles. The van der Waals surface area contributed by atoms with Crippen molar-refractivity contribution in [3.8, 4) is 0 Å². The van der Waals surface area contributed by atoms with E-state index in [1.54, 1.807) is 0 Å². The highest BCUT2D eigenvalue weighted by Crippen LogP contribution is 2.48. The van der Waals surface area contributed by atoms with Crippen LogP contribution in [-0.4, -0.2) is 485 Å². The zero-order valence-corrected chi connectivity index (χ0v) is 59.0. The maximum Gasteiger partial charge on any atom is 0.470 e. The lowest BCUT2D eigenvalue weighted by Gasteiger charge is -2.53. The van der Waals surface area contributed by atoms with Gasteiger partial charge in [-0.3, -0.25) is 9.05 Å². The number of carbonyl (C=O) groups is 2. The first kappa shape index (κ1) is 94.0. The number of aliphatic hydroxyl groups excluding tert-OH is 25. The van der Waals surface area contributed by atoms with Gasteiger partial charge in [0.1, 0.15) is 189 Å². The quantitative estimate of drug-likeness (QED) is 0.0271. The number of aliphatic carboxylic acids is 2. The maximum atomic E-state index is 14.1. The second-order valence-electron chi connectivity index (χ2n) is 27.2. The summed E-state index contributed by atoms with van der Waals surface area (Å²) in [6, 6.07) is -3.57. The molecule has 8 aliphatic heterocycles. The van der Waals surface area contributed by atoms with Gasteiger partial charge in [-0.05, 0) is 0 Å². The van der Waals surface area contributed by atoms with Crippen LogP contribution in [0.4, 0.5) is 0 Å². The third-order valence-corrected chi connectivity index (χ3v) is 20.5. The average molecular weight is 1680 g/mol. The predicted octanol–water partition coefficient (Wildman–Crippen LogP) is -20.5. The standard InChI is InChI=1S/C55H96N2O52P2/c56-21-26(72)25(71)19(96-46(21)82)9-94-47-22(57)27(73)41(108-110(87,88)89)20(98-47)10-95-54(52(83)84)2-17(105-55(53(85)86)1-11(63)23(69)38(106-55)13(65)4-59)42(40(107-54)15(67)6-61)102-51-35(81)44(45(109-111(90,91)92)39(101-51)14(66)5-60)104-50-34(80)43(103-49-32(78)28(74)24(70)18(7-62)97-49)33(79)37(100-50)16(68)8-93-48-31(77)29(75)30(76)36(99-48)12(64)3-58/h11-51,58-82H,1-10,56-57H2,(H,83,84)(H,85,86)(H2,87,88,89)(H2,90,91,92). The number of ether oxygens (including phenoxy) is 15. The summed E-state index contributed by atoms with van der Waals surface area (Å²) >= 11 is 0. The van der Waals surface area contributed by atoms with Gasteiger partial charge in [-0.2, -0.15) is 0 Å². The molecule has 54 nitrogen and oxygen atoms in total. The molecule has 0 aliphatic carbocycles. The van der Waals surface area contributed by atoms with Crippen molar-refractivity contribution in [1.29, 1.82) is 0 Å². The maximum absolute atomic E-state index is 14.1. The molecule has 8 aliphatic rings. The van der Waals surface area contributed by atoms with Crippen molar-refractivity contribution in [2.75, 3.05) is 52.9 Å². The van der Waals surface area contributed by atoms with Gasteiger partial charge in [0.15, 0.2) is 37.7 Å². The van der Waals surface area contributed by atoms with Crippen LogP contribution in [0.2, 0.25) is 0 Å². The first-order chi connectivity index (χ1) is 51.7. The summed E-state index contributed by atoms with van der Waals surface area (Å²) < 4.78 is 120. The number of rotatable bonds is 33. The molecule has 8 saturated heterocycles. The van der Waals surface area contributed by atoms with Crippen LogP contribution in [0.1, 0.15) is 12.8 Å². The molecule has 0 bridgehead atoms. The summed E-state index contributed by atoms with van der Waals surface area (Å²) in [5.74, 6) is -12.3. The fourth-order valence-electron chi connectivity index (χ4n) is 13.4. The molecule has 0 spiro atoms. The Bertz CT molecular complexity index is 3050. The van der Waals surface area contributed by atoms with E-state index in [9.17, 15) is 176 Å². The largest absolute Gasteiger partial charge is 0.477 e. The summed E-state index contributed by atoms with van der Waals surface area (Å²) in [7, 11) is -12.1. The van der Waals surface area contributed by atoms with E-state index >= 15 is 0 Å². The number of nitrogens with two attached hydrogens (primary N) is 2. The van der Waals surface area contributed by atoms with Gasteiger partial charge < -0.3 is 240 Å². The first-order valence-electron chi connectivity index (χ1n) is 33.7. The van der Waals surface area contributed by atoms with Crippen LogP contribution in [0, 0.1) is 0 Å². The van der Waals surface area contributed by atoms with Gasteiger partial charge in [0.05, 0.1) is 77.1 Å². The third-order valence-electron chi connectivity index (χ3n) is 19.5. The molecule has 35 N–H and O–H groups in total. The van der Waals surface area contributed by atoms with E-state index in [1.165, 1.54) is 0 Å². The molecule has 56 heteroatoms. The van der Waals surface area contributed by atoms with Gasteiger partial charge in [0.25, 0.3) is 11.6 Å². The van der Waals surface area contributed by atoms with Gasteiger partial charge in [-0.25, -0.2) is 18.7 Å². The smallest absolute Gasteiger partial charge is 0.470 e. The molecule has 8 fully saturated rings. The highest BCUT2D eigenvalue weighted by atomic mass is 31.2. The second-order valence-corrected chi connectivity index (χ2v) is 29.5. The molecular formula is C55H96N2O52P2. The van der Waals surface area contributed by atoms with E-state index in [0.29, 0.717) is 0 Å². The minimum absolute atomic E-state index is 0.953. The predicted molar refractivity (Wildman–Crippen MR) is 331 cm³/mol. The van der Waals surface area contributed by atoms with Crippen LogP contribution in [-0.2, 0) is 98.8 Å². The average Bonchev–Trinajstić information content (AvgIpc) is 0.743. The van der Waals surface area contributed by atoms with Gasteiger partial charge >= 0.3 is 27.6 Å². The van der Waals surface area contributed by atoms with Crippen LogP contribution in [0.5, 0.6) is 0 Å². The van der Waals surface area contributed by atoms with Crippen LogP contribution < -0.4 is 11.5 Å². The fourth-order valence-corrected chi connectivity index (χ4v) is 14.6. The highest BCUT2D eigenvalue weighted by molar-refractivity contribution is 7.46. The number of hydrogen-bond acceptors (Lipinski definition) is 48. The summed E-state index contributed by atoms with van der Waals surface area (Å²) in [5.41, 5.74) is 11.8. The zero-order valence-electron chi connectivity index (χ0n) is 57.2. The number of aliphatic hydroxyl groups is 25. The molecule has 43 atom stereocenters. The molecule has 648 valence electrons. The Morgan fingerprint density at radius 2 is 0.874 bits per heavy atom. The second kappa shape index (κ2) is 38.7. The van der Waals surface area contributed by atoms with Gasteiger partial charge in [-0.15, -0.1) is 0 Å². The van der Waals surface area contributed by atoms with E-state index < -0.39 is 356 Å². The number of phosphoric ester groups is 2. The van der Waals surface area contributed by atoms with Crippen molar-refractivity contribution in [3.63, 3.8) is 0 Å². The van der Waals surface area contributed by atoms with Crippen molar-refractivity contribution in [3.05, 3.63) is 0 Å². The molecule has 111 heavy (non-hydrogen) atoms. The van der Waals surface area contributed by atoms with E-state index in [1.807, 2.05) is 0 Å². The Kier molecular flexibility index (Phi) is 32.8. The first-order valence-corrected chi connectivity index (χ1v) is 36.7. The summed E-state index contributed by atoms with van der Waals surface area (Å²) in [4.78, 5) is 68.6. The Balaban J connectivity index is 1.21. The molecule has 0 radical (unpaired) electrons. The van der Waals surface area contributed by atoms with Gasteiger partial charge in [-0.1, -0.05) is 0 Å². The van der Waals surface area contributed by atoms with Crippen molar-refractivity contribution >= 4 is 27.6 Å². The lowest BCUT2D eigenvalue weighted by atomic mass is 9.89. The van der Waals surface area contributed by atoms with Crippen LogP contribution in [0.15, 0.2) is 0 Å². The van der Waals surface area contributed by atoms with Crippen LogP contribution >= 0.6 is 15.6 Å². The molecule has 0 aromatic heterocycles. The van der Waals surface area contributed by atoms with E-state index in [4.69, 9.17) is 91.6 Å². The Hall–Kier alpha value is -2.52. The lowest BCUT2D eigenvalue weighted by Crippen LogP contribution is -2.71. The lowest BCUT2D eigenvalue weighted by molar-refractivity contribution is -0.408. The Labute approximate surface area is 622 Å². The Morgan fingerprint density at radius 1 is 0.405 bits per heavy atom. The zero-order chi connectivity index (χ0) is 82.9. The number of carboxylic acids is 2. The minimum atomic E-state index is -6.20. The molecule has 0 aromatic rings. The molecular weight excluding hydrogens is 1580 g/mol. The summed E-state index contributed by atoms with van der Waals surface area (Å²) in [5, 5.41) is 295. The van der Waals surface area contributed by atoms with Crippen molar-refractivity contribution in [2.24, 2.45) is 11.5 Å². The van der Waals surface area contributed by atoms with E-state index in [0.717, 1.165) is 0 Å². The highest BCUT2D eigenvalue weighted by Gasteiger charge is 2.65. The fraction of sp³-hybridized carbons (Fsp3) is 0.964. The van der Waals surface area contributed by atoms with Crippen molar-refractivity contribution in [1.82, 2.24) is 0 Å². The Morgan fingerprint density at radius 3 is 1.45 bits per heavy atom. The normalized spacial score (nSPS) is 47.1. The SMILES string of the molecule is NC1C(O)OC(COC2OC(COC3(C(=O)O)CC(OC4(C(=O)O)CC(O)C(O)C(C(O)CO)O4)C(OC4OC(C(O)CO)C(OP(=O)(O)O)C(OC5OC(C(O)COC6OC(C(O)CO)C(O)C(O)C6O)C(O)C(OC6OC(CO)C(O)C(O)C6O)C5O)C4O)C(C(O)CO)O3)C(OP(=O)(O)O)C(O)C2N)C(O)C1O. The van der Waals surface area contributed by atoms with Gasteiger partial charge in [0, 0.05) is 12.8 Å². The topological polar surface area (TPSA) is 904 Å². The molecule has 0 aromatic carbocycles. The molecule has 0 amide bonds. The minimum Gasteiger partial charge on any atom is -0.477 e. The monoisotopic (exact) mass is 1680 g/mol. The number of carboxylic acid groups (broad SMARTS) is 2. The van der Waals surface area contributed by atoms with E-state index in [2.05, 4.69) is 0 Å². The molecule has 8 rings (SSSR count). The third kappa shape index (κ3) is 21.0. The molecule has 8 heterocycles. The number of hydrogen-bond donors (Lipinski definition) is 33. The van der Waals surface area contributed by atoms with Crippen molar-refractivity contribution in [2.45, 2.75) is 276 Å². The number of phosphoric acid groups is 2. The van der Waals surface area contributed by atoms with Gasteiger partial charge in [0.2, 0.25) is 0 Å². The molecule has 43 unspecified atom stereocenters. The van der Waals surface area contributed by atoms with Crippen LogP contribution in [0.3, 0.4) is 0 Å². The van der Waals surface area contributed by atoms with Crippen molar-refractivity contribution < 1.29 is 256 Å². The van der Waals surface area contributed by atoms with E-state index in [-0.39, 0.29) is 0 Å². The van der Waals surface area contributed by atoms with Crippen LogP contribution in [0.25, 0.3) is 0 Å². The summed E-state index contributed by atoms with van der Waals surface area (Å²) in [6.07, 6.45) is -98.1.